The van der Waals surface area contributed by atoms with E-state index in [1.54, 1.807) is 6.92 Å². The molecule has 0 aromatic heterocycles. The number of rotatable bonds is 13. The molecule has 0 radical (unpaired) electrons. The van der Waals surface area contributed by atoms with E-state index < -0.39 is 49.8 Å². The highest BCUT2D eigenvalue weighted by atomic mass is 127. The summed E-state index contributed by atoms with van der Waals surface area (Å²) in [6, 6.07) is 27.0. The van der Waals surface area contributed by atoms with Gasteiger partial charge in [-0.25, -0.2) is 9.59 Å². The lowest BCUT2D eigenvalue weighted by Gasteiger charge is -2.29. The van der Waals surface area contributed by atoms with Crippen LogP contribution >= 0.6 is 22.6 Å². The molecular formula is C44H51IN2O9Si. The van der Waals surface area contributed by atoms with Crippen LogP contribution in [0.15, 0.2) is 91.0 Å². The Kier molecular flexibility index (Phi) is 15.3. The average molecular weight is 907 g/mol. The lowest BCUT2D eigenvalue weighted by atomic mass is 9.90. The van der Waals surface area contributed by atoms with Crippen LogP contribution < -0.4 is 14.8 Å². The second kappa shape index (κ2) is 20.1. The first-order valence-corrected chi connectivity index (χ1v) is 23.7. The van der Waals surface area contributed by atoms with Gasteiger partial charge in [0.15, 0.2) is 12.6 Å². The molecule has 4 bridgehead atoms. The monoisotopic (exact) mass is 906 g/mol. The number of ether oxygens (including phenoxy) is 5. The zero-order valence-corrected chi connectivity index (χ0v) is 36.5. The summed E-state index contributed by atoms with van der Waals surface area (Å²) in [6.45, 7) is 9.25. The Morgan fingerprint density at radius 1 is 0.860 bits per heavy atom. The molecular weight excluding hydrogens is 855 g/mol. The standard InChI is InChI=1S/C44H51IN2O9Si/c1-29-21-38(48)40(47(2)44(51)55-27-31-15-11-8-12-16-31)33-24-35(41(36(45)25-33)56-28-53-19-20-57(4,5)6)34-22-32(23-37(43(50)52-3)46-42(29)49)17-18-39(34)54-26-30-13-9-7-10-14-30/h7-18,22,24-25,29,37,40H,19-21,23,26-28H2,1-6H3,(H,46,49)/t29-,37+,40+/m1/s1. The normalized spacial score (nSPS) is 17.1. The van der Waals surface area contributed by atoms with Crippen LogP contribution in [0.2, 0.25) is 25.7 Å². The molecule has 302 valence electrons. The van der Waals surface area contributed by atoms with Gasteiger partial charge in [0.25, 0.3) is 0 Å². The number of amides is 2. The Bertz CT molecular complexity index is 2020. The minimum atomic E-state index is -1.36. The first kappa shape index (κ1) is 43.4. The van der Waals surface area contributed by atoms with Crippen LogP contribution in [0.3, 0.4) is 0 Å². The Balaban J connectivity index is 1.66. The van der Waals surface area contributed by atoms with Gasteiger partial charge in [0.1, 0.15) is 36.8 Å². The van der Waals surface area contributed by atoms with Crippen molar-refractivity contribution in [3.63, 3.8) is 0 Å². The molecule has 3 atom stereocenters. The molecule has 4 aromatic carbocycles. The molecule has 0 aliphatic carbocycles. The minimum Gasteiger partial charge on any atom is -0.488 e. The number of nitrogens with one attached hydrogen (secondary N) is 1. The average Bonchev–Trinajstić information content (AvgIpc) is 3.19. The molecule has 0 fully saturated rings. The van der Waals surface area contributed by atoms with Crippen LogP contribution in [0.4, 0.5) is 4.79 Å². The highest BCUT2D eigenvalue weighted by Crippen LogP contribution is 2.43. The van der Waals surface area contributed by atoms with Crippen LogP contribution in [0.25, 0.3) is 11.1 Å². The lowest BCUT2D eigenvalue weighted by molar-refractivity contribution is -0.145. The van der Waals surface area contributed by atoms with Crippen molar-refractivity contribution in [2.75, 3.05) is 27.6 Å². The molecule has 11 nitrogen and oxygen atoms in total. The molecule has 57 heavy (non-hydrogen) atoms. The number of methoxy groups -OCH3 is 1. The van der Waals surface area contributed by atoms with Crippen LogP contribution in [-0.2, 0) is 48.2 Å². The van der Waals surface area contributed by atoms with Crippen LogP contribution in [0.1, 0.15) is 41.6 Å². The van der Waals surface area contributed by atoms with Gasteiger partial charge < -0.3 is 29.0 Å². The Labute approximate surface area is 349 Å². The molecule has 1 aliphatic heterocycles. The summed E-state index contributed by atoms with van der Waals surface area (Å²) in [4.78, 5) is 56.1. The molecule has 0 saturated heterocycles. The van der Waals surface area contributed by atoms with E-state index in [0.29, 0.717) is 43.9 Å². The van der Waals surface area contributed by atoms with E-state index in [1.165, 1.54) is 19.1 Å². The predicted octanol–water partition coefficient (Wildman–Crippen LogP) is 8.35. The van der Waals surface area contributed by atoms with E-state index in [2.05, 4.69) is 47.5 Å². The number of fused-ring (bicyclic) bond motifs is 5. The highest BCUT2D eigenvalue weighted by Gasteiger charge is 2.35. The molecule has 0 saturated carbocycles. The number of hydrogen-bond acceptors (Lipinski definition) is 9. The molecule has 0 spiro atoms. The van der Waals surface area contributed by atoms with E-state index in [-0.39, 0.29) is 32.8 Å². The van der Waals surface area contributed by atoms with Gasteiger partial charge >= 0.3 is 12.1 Å². The van der Waals surface area contributed by atoms with Gasteiger partial charge in [-0.05, 0) is 75.2 Å². The largest absolute Gasteiger partial charge is 0.488 e. The maximum atomic E-state index is 14.5. The number of halogens is 1. The van der Waals surface area contributed by atoms with Gasteiger partial charge in [-0.2, -0.15) is 0 Å². The number of benzene rings is 4. The molecule has 13 heteroatoms. The van der Waals surface area contributed by atoms with Crippen LogP contribution in [-0.4, -0.2) is 70.3 Å². The zero-order chi connectivity index (χ0) is 41.1. The zero-order valence-electron chi connectivity index (χ0n) is 33.3. The van der Waals surface area contributed by atoms with Crippen molar-refractivity contribution in [1.29, 1.82) is 0 Å². The summed E-state index contributed by atoms with van der Waals surface area (Å²) in [6.07, 6.45) is -0.842. The van der Waals surface area contributed by atoms with E-state index >= 15 is 0 Å². The van der Waals surface area contributed by atoms with Crippen molar-refractivity contribution in [2.24, 2.45) is 5.92 Å². The lowest BCUT2D eigenvalue weighted by Crippen LogP contribution is -2.46. The summed E-state index contributed by atoms with van der Waals surface area (Å²) in [5.74, 6) is -1.37. The van der Waals surface area contributed by atoms with Gasteiger partial charge in [-0.1, -0.05) is 93.3 Å². The number of ketones is 1. The number of nitrogens with zero attached hydrogens (tertiary/aromatic N) is 1. The van der Waals surface area contributed by atoms with Gasteiger partial charge in [0.05, 0.1) is 10.7 Å². The molecule has 1 heterocycles. The first-order chi connectivity index (χ1) is 27.2. The maximum Gasteiger partial charge on any atom is 0.410 e. The third-order valence-electron chi connectivity index (χ3n) is 9.62. The fraction of sp³-hybridized carbons (Fsp3) is 0.364. The molecule has 5 rings (SSSR count). The van der Waals surface area contributed by atoms with Crippen LogP contribution in [0.5, 0.6) is 11.5 Å². The second-order valence-electron chi connectivity index (χ2n) is 15.4. The molecule has 1 aliphatic rings. The molecule has 4 aromatic rings. The number of carbonyl (C=O) groups is 4. The Morgan fingerprint density at radius 2 is 1.53 bits per heavy atom. The molecule has 1 N–H and O–H groups in total. The van der Waals surface area contributed by atoms with Crippen LogP contribution in [0, 0.1) is 9.49 Å². The van der Waals surface area contributed by atoms with Crippen molar-refractivity contribution in [1.82, 2.24) is 10.2 Å². The third kappa shape index (κ3) is 12.1. The highest BCUT2D eigenvalue weighted by molar-refractivity contribution is 14.1. The van der Waals surface area contributed by atoms with Gasteiger partial charge in [0, 0.05) is 51.6 Å². The smallest absolute Gasteiger partial charge is 0.410 e. The summed E-state index contributed by atoms with van der Waals surface area (Å²) < 4.78 is 30.3. The van der Waals surface area contributed by atoms with Crippen molar-refractivity contribution < 1.29 is 42.9 Å². The van der Waals surface area contributed by atoms with E-state index in [1.807, 2.05) is 91.0 Å². The second-order valence-corrected chi connectivity index (χ2v) is 22.2. The molecule has 0 unspecified atom stereocenters. The first-order valence-electron chi connectivity index (χ1n) is 18.9. The van der Waals surface area contributed by atoms with Crippen molar-refractivity contribution in [3.8, 4) is 22.6 Å². The summed E-state index contributed by atoms with van der Waals surface area (Å²) >= 11 is 2.17. The summed E-state index contributed by atoms with van der Waals surface area (Å²) in [5, 5.41) is 2.80. The molecule has 2 amide bonds. The van der Waals surface area contributed by atoms with Crippen molar-refractivity contribution in [2.45, 2.75) is 70.7 Å². The quantitative estimate of drug-likeness (QED) is 0.0463. The van der Waals surface area contributed by atoms with Gasteiger partial charge in [-0.15, -0.1) is 0 Å². The van der Waals surface area contributed by atoms with Gasteiger partial charge in [0.2, 0.25) is 5.91 Å². The number of hydrogen-bond donors (Lipinski definition) is 1. The Morgan fingerprint density at radius 3 is 2.18 bits per heavy atom. The third-order valence-corrected chi connectivity index (χ3v) is 12.1. The number of Topliss-reactive ketones (excluding diaryl/α,β-unsaturated/α-hetero) is 1. The van der Waals surface area contributed by atoms with Crippen molar-refractivity contribution >= 4 is 54.4 Å². The number of esters is 1. The number of carbonyl (C=O) groups excluding carboxylic acids is 4. The fourth-order valence-corrected chi connectivity index (χ4v) is 7.94. The maximum absolute atomic E-state index is 14.5. The fourth-order valence-electron chi connectivity index (χ4n) is 6.38. The van der Waals surface area contributed by atoms with E-state index in [9.17, 15) is 19.2 Å². The summed E-state index contributed by atoms with van der Waals surface area (Å²) in [5.41, 5.74) is 4.14. The number of likely N-dealkylation sites (N-methyl/N-ethyl adjacent to an activating group) is 1. The van der Waals surface area contributed by atoms with E-state index in [4.69, 9.17) is 23.7 Å². The minimum absolute atomic E-state index is 0.000813. The summed E-state index contributed by atoms with van der Waals surface area (Å²) in [7, 11) is 1.42. The van der Waals surface area contributed by atoms with Crippen molar-refractivity contribution in [3.05, 3.63) is 117 Å². The topological polar surface area (TPSA) is 130 Å². The SMILES string of the molecule is COC(=O)[C@@H]1Cc2ccc(OCc3ccccc3)c(c2)-c2cc(cc(I)c2OCOCC[Si](C)(C)C)[C@H](N(C)C(=O)OCc2ccccc2)C(=O)C[C@@H](C)C(=O)N1. The Hall–Kier alpha value is -4.73. The predicted molar refractivity (Wildman–Crippen MR) is 229 cm³/mol. The van der Waals surface area contributed by atoms with E-state index in [0.717, 1.165) is 17.2 Å². The van der Waals surface area contributed by atoms with Gasteiger partial charge in [-0.3, -0.25) is 14.5 Å².